The Bertz CT molecular complexity index is 640. The van der Waals surface area contributed by atoms with Gasteiger partial charge in [-0.3, -0.25) is 4.90 Å². The predicted octanol–water partition coefficient (Wildman–Crippen LogP) is 4.69. The number of fused-ring (bicyclic) bond motifs is 2. The van der Waals surface area contributed by atoms with Gasteiger partial charge in [0, 0.05) is 6.04 Å². The zero-order chi connectivity index (χ0) is 16.8. The summed E-state index contributed by atoms with van der Waals surface area (Å²) in [7, 11) is 0. The number of carbonyl (C=O) groups is 1. The second-order valence-electron chi connectivity index (χ2n) is 7.60. The van der Waals surface area contributed by atoms with E-state index in [0.29, 0.717) is 0 Å². The number of aryl methyl sites for hydroxylation is 1. The van der Waals surface area contributed by atoms with Crippen molar-refractivity contribution >= 4 is 11.7 Å². The van der Waals surface area contributed by atoms with Crippen molar-refractivity contribution < 1.29 is 13.9 Å². The van der Waals surface area contributed by atoms with Crippen molar-refractivity contribution in [1.29, 1.82) is 0 Å². The van der Waals surface area contributed by atoms with Gasteiger partial charge >= 0.3 is 6.09 Å². The number of rotatable bonds is 1. The highest BCUT2D eigenvalue weighted by atomic mass is 19.1. The summed E-state index contributed by atoms with van der Waals surface area (Å²) in [5, 5.41) is 0. The minimum atomic E-state index is -0.486. The van der Waals surface area contributed by atoms with E-state index in [2.05, 4.69) is 6.08 Å². The largest absolute Gasteiger partial charge is 0.444 e. The smallest absolute Gasteiger partial charge is 0.411 e. The summed E-state index contributed by atoms with van der Waals surface area (Å²) < 4.78 is 19.2. The van der Waals surface area contributed by atoms with E-state index in [1.54, 1.807) is 6.07 Å². The lowest BCUT2D eigenvalue weighted by Crippen LogP contribution is -2.45. The number of amides is 1. The fraction of sp³-hybridized carbons (Fsp3) is 0.526. The Labute approximate surface area is 137 Å². The molecule has 2 unspecified atom stereocenters. The van der Waals surface area contributed by atoms with Gasteiger partial charge in [0.25, 0.3) is 0 Å². The number of hydrogen-bond donors (Lipinski definition) is 0. The molecular weight excluding hydrogens is 293 g/mol. The second kappa shape index (κ2) is 5.66. The maximum Gasteiger partial charge on any atom is 0.411 e. The van der Waals surface area contributed by atoms with Gasteiger partial charge in [0.05, 0.1) is 6.04 Å². The lowest BCUT2D eigenvalue weighted by molar-refractivity contribution is 0.0175. The topological polar surface area (TPSA) is 29.5 Å². The van der Waals surface area contributed by atoms with Crippen molar-refractivity contribution in [2.24, 2.45) is 0 Å². The van der Waals surface area contributed by atoms with Crippen molar-refractivity contribution in [3.63, 3.8) is 0 Å². The van der Waals surface area contributed by atoms with Crippen molar-refractivity contribution in [1.82, 2.24) is 4.90 Å². The monoisotopic (exact) mass is 317 g/mol. The molecular formula is C19H24FNO2. The summed E-state index contributed by atoms with van der Waals surface area (Å²) in [5.41, 5.74) is 2.51. The number of benzene rings is 1. The SMILES string of the molecule is Cc1cc(F)cc(C2=CC3CCC(C2)N3C(=O)OC(C)(C)C)c1. The highest BCUT2D eigenvalue weighted by Gasteiger charge is 2.41. The molecule has 2 bridgehead atoms. The number of halogens is 1. The Balaban J connectivity index is 1.84. The molecule has 2 heterocycles. The van der Waals surface area contributed by atoms with E-state index in [1.807, 2.05) is 38.7 Å². The molecule has 0 spiro atoms. The number of carbonyl (C=O) groups excluding carboxylic acids is 1. The minimum Gasteiger partial charge on any atom is -0.444 e. The van der Waals surface area contributed by atoms with Crippen LogP contribution >= 0.6 is 0 Å². The van der Waals surface area contributed by atoms with E-state index < -0.39 is 5.60 Å². The summed E-state index contributed by atoms with van der Waals surface area (Å²) in [6.45, 7) is 7.55. The first kappa shape index (κ1) is 16.0. The van der Waals surface area contributed by atoms with Gasteiger partial charge in [-0.15, -0.1) is 0 Å². The molecule has 124 valence electrons. The third-order valence-corrected chi connectivity index (χ3v) is 4.41. The Morgan fingerprint density at radius 1 is 1.26 bits per heavy atom. The fourth-order valence-electron chi connectivity index (χ4n) is 3.57. The van der Waals surface area contributed by atoms with Gasteiger partial charge in [-0.1, -0.05) is 12.1 Å². The maximum absolute atomic E-state index is 13.7. The lowest BCUT2D eigenvalue weighted by atomic mass is 9.94. The number of nitrogens with zero attached hydrogens (tertiary/aromatic N) is 1. The maximum atomic E-state index is 13.7. The van der Waals surface area contributed by atoms with Crippen LogP contribution in [0.4, 0.5) is 9.18 Å². The summed E-state index contributed by atoms with van der Waals surface area (Å²) >= 11 is 0. The van der Waals surface area contributed by atoms with Gasteiger partial charge in [-0.2, -0.15) is 0 Å². The summed E-state index contributed by atoms with van der Waals surface area (Å²) in [4.78, 5) is 14.3. The molecule has 23 heavy (non-hydrogen) atoms. The Hall–Kier alpha value is -1.84. The van der Waals surface area contributed by atoms with Gasteiger partial charge < -0.3 is 4.74 Å². The van der Waals surface area contributed by atoms with E-state index in [1.165, 1.54) is 6.07 Å². The first-order valence-electron chi connectivity index (χ1n) is 8.22. The molecule has 0 radical (unpaired) electrons. The van der Waals surface area contributed by atoms with Crippen molar-refractivity contribution in [2.75, 3.05) is 0 Å². The average molecular weight is 317 g/mol. The van der Waals surface area contributed by atoms with Crippen molar-refractivity contribution in [2.45, 2.75) is 64.6 Å². The van der Waals surface area contributed by atoms with Crippen LogP contribution in [0.5, 0.6) is 0 Å². The first-order chi connectivity index (χ1) is 10.7. The second-order valence-corrected chi connectivity index (χ2v) is 7.60. The molecule has 3 rings (SSSR count). The summed E-state index contributed by atoms with van der Waals surface area (Å²) in [5.74, 6) is -0.206. The molecule has 1 aromatic rings. The van der Waals surface area contributed by atoms with E-state index in [4.69, 9.17) is 4.74 Å². The number of hydrogen-bond acceptors (Lipinski definition) is 2. The molecule has 2 aliphatic heterocycles. The zero-order valence-corrected chi connectivity index (χ0v) is 14.2. The molecule has 0 saturated carbocycles. The van der Waals surface area contributed by atoms with Crippen molar-refractivity contribution in [3.8, 4) is 0 Å². The minimum absolute atomic E-state index is 0.0576. The van der Waals surface area contributed by atoms with Crippen LogP contribution < -0.4 is 0 Å². The quantitative estimate of drug-likeness (QED) is 0.752. The van der Waals surface area contributed by atoms with E-state index in [-0.39, 0.29) is 24.0 Å². The molecule has 2 atom stereocenters. The zero-order valence-electron chi connectivity index (χ0n) is 14.2. The molecule has 0 aliphatic carbocycles. The lowest BCUT2D eigenvalue weighted by Gasteiger charge is -2.35. The van der Waals surface area contributed by atoms with E-state index in [0.717, 1.165) is 36.0 Å². The predicted molar refractivity (Wildman–Crippen MR) is 88.6 cm³/mol. The molecule has 1 saturated heterocycles. The van der Waals surface area contributed by atoms with Gasteiger partial charge in [0.2, 0.25) is 0 Å². The third-order valence-electron chi connectivity index (χ3n) is 4.41. The highest BCUT2D eigenvalue weighted by Crippen LogP contribution is 2.39. The standard InChI is InChI=1S/C19H24FNO2/c1-12-7-13(9-15(20)8-12)14-10-16-5-6-17(11-14)21(16)18(22)23-19(2,3)4/h7-10,16-17H,5-6,11H2,1-4H3. The molecule has 4 heteroatoms. The van der Waals surface area contributed by atoms with Crippen LogP contribution in [0.15, 0.2) is 24.3 Å². The average Bonchev–Trinajstić information content (AvgIpc) is 2.66. The van der Waals surface area contributed by atoms with Crippen molar-refractivity contribution in [3.05, 3.63) is 41.2 Å². The molecule has 3 nitrogen and oxygen atoms in total. The van der Waals surface area contributed by atoms with Crippen LogP contribution in [0, 0.1) is 12.7 Å². The van der Waals surface area contributed by atoms with Gasteiger partial charge in [0.1, 0.15) is 11.4 Å². The third kappa shape index (κ3) is 3.41. The molecule has 0 aromatic heterocycles. The Kier molecular flexibility index (Phi) is 3.95. The molecule has 1 fully saturated rings. The van der Waals surface area contributed by atoms with E-state index >= 15 is 0 Å². The van der Waals surface area contributed by atoms with Gasteiger partial charge in [-0.25, -0.2) is 9.18 Å². The summed E-state index contributed by atoms with van der Waals surface area (Å²) in [6.07, 6.45) is 4.55. The fourth-order valence-corrected chi connectivity index (χ4v) is 3.57. The van der Waals surface area contributed by atoms with E-state index in [9.17, 15) is 9.18 Å². The normalized spacial score (nSPS) is 23.7. The number of ether oxygens (including phenoxy) is 1. The molecule has 1 aromatic carbocycles. The summed E-state index contributed by atoms with van der Waals surface area (Å²) in [6, 6.07) is 5.34. The van der Waals surface area contributed by atoms with Gasteiger partial charge in [-0.05, 0) is 75.8 Å². The molecule has 1 amide bonds. The van der Waals surface area contributed by atoms with Crippen LogP contribution in [-0.2, 0) is 4.74 Å². The molecule has 0 N–H and O–H groups in total. The highest BCUT2D eigenvalue weighted by molar-refractivity contribution is 5.75. The van der Waals surface area contributed by atoms with Crippen LogP contribution in [0.25, 0.3) is 5.57 Å². The Morgan fingerprint density at radius 3 is 2.61 bits per heavy atom. The van der Waals surface area contributed by atoms with Crippen LogP contribution in [0.2, 0.25) is 0 Å². The van der Waals surface area contributed by atoms with Crippen LogP contribution in [0.1, 0.15) is 51.2 Å². The molecule has 2 aliphatic rings. The first-order valence-corrected chi connectivity index (χ1v) is 8.22. The van der Waals surface area contributed by atoms with Gasteiger partial charge in [0.15, 0.2) is 0 Å². The van der Waals surface area contributed by atoms with Crippen LogP contribution in [-0.4, -0.2) is 28.7 Å². The van der Waals surface area contributed by atoms with Crippen LogP contribution in [0.3, 0.4) is 0 Å². The Morgan fingerprint density at radius 2 is 2.00 bits per heavy atom.